The highest BCUT2D eigenvalue weighted by atomic mass is 16.6. The van der Waals surface area contributed by atoms with Crippen molar-refractivity contribution in [2.45, 2.75) is 32.1 Å². The van der Waals surface area contributed by atoms with Gasteiger partial charge in [-0.05, 0) is 55.9 Å². The molecule has 0 aliphatic carbocycles. The maximum absolute atomic E-state index is 13.3. The number of benzene rings is 2. The van der Waals surface area contributed by atoms with Gasteiger partial charge in [0.25, 0.3) is 0 Å². The van der Waals surface area contributed by atoms with Gasteiger partial charge < -0.3 is 9.64 Å². The number of ether oxygens (including phenoxy) is 1. The van der Waals surface area contributed by atoms with Crippen LogP contribution in [-0.2, 0) is 9.53 Å². The number of para-hydroxylation sites is 2. The van der Waals surface area contributed by atoms with E-state index in [1.165, 1.54) is 0 Å². The van der Waals surface area contributed by atoms with Crippen LogP contribution in [0.1, 0.15) is 37.7 Å². The fraction of sp³-hybridized carbons (Fsp3) is 0.391. The molecule has 2 heterocycles. The second-order valence-electron chi connectivity index (χ2n) is 7.49. The number of nitrogens with zero attached hydrogens (tertiary/aromatic N) is 2. The van der Waals surface area contributed by atoms with Crippen LogP contribution in [0.25, 0.3) is 0 Å². The molecule has 1 atom stereocenters. The van der Waals surface area contributed by atoms with Crippen molar-refractivity contribution in [1.82, 2.24) is 4.90 Å². The van der Waals surface area contributed by atoms with Gasteiger partial charge >= 0.3 is 6.09 Å². The van der Waals surface area contributed by atoms with Gasteiger partial charge in [0.2, 0.25) is 5.91 Å². The second kappa shape index (κ2) is 8.05. The SMILES string of the molecule is CCOC(=O)N1CCC(CC2C(=O)N(c3ccccc3)c3ccccc32)CC1. The molecule has 0 radical (unpaired) electrons. The molecule has 0 saturated carbocycles. The molecule has 2 aliphatic rings. The summed E-state index contributed by atoms with van der Waals surface area (Å²) in [6.45, 7) is 3.64. The Morgan fingerprint density at radius 1 is 1.04 bits per heavy atom. The van der Waals surface area contributed by atoms with Gasteiger partial charge in [-0.3, -0.25) is 9.69 Å². The summed E-state index contributed by atoms with van der Waals surface area (Å²) in [6.07, 6.45) is 2.43. The minimum absolute atomic E-state index is 0.115. The number of piperidine rings is 1. The Balaban J connectivity index is 1.49. The van der Waals surface area contributed by atoms with Gasteiger partial charge in [0.1, 0.15) is 0 Å². The van der Waals surface area contributed by atoms with Gasteiger partial charge in [-0.2, -0.15) is 0 Å². The Labute approximate surface area is 165 Å². The summed E-state index contributed by atoms with van der Waals surface area (Å²) in [7, 11) is 0. The quantitative estimate of drug-likeness (QED) is 0.774. The third kappa shape index (κ3) is 3.49. The monoisotopic (exact) mass is 378 g/mol. The number of carbonyl (C=O) groups is 2. The molecule has 28 heavy (non-hydrogen) atoms. The van der Waals surface area contributed by atoms with Crippen molar-refractivity contribution in [3.05, 3.63) is 60.2 Å². The highest BCUT2D eigenvalue weighted by Gasteiger charge is 2.39. The van der Waals surface area contributed by atoms with E-state index in [0.29, 0.717) is 25.6 Å². The predicted octanol–water partition coefficient (Wildman–Crippen LogP) is 4.71. The first kappa shape index (κ1) is 18.5. The van der Waals surface area contributed by atoms with E-state index in [-0.39, 0.29) is 17.9 Å². The molecule has 1 fully saturated rings. The number of likely N-dealkylation sites (tertiary alicyclic amines) is 1. The molecule has 4 rings (SSSR count). The zero-order valence-corrected chi connectivity index (χ0v) is 16.2. The first-order valence-corrected chi connectivity index (χ1v) is 10.1. The molecular formula is C23H26N2O3. The molecule has 2 aliphatic heterocycles. The van der Waals surface area contributed by atoms with Crippen molar-refractivity contribution < 1.29 is 14.3 Å². The van der Waals surface area contributed by atoms with E-state index < -0.39 is 0 Å². The van der Waals surface area contributed by atoms with E-state index in [2.05, 4.69) is 6.07 Å². The molecule has 0 bridgehead atoms. The van der Waals surface area contributed by atoms with Gasteiger partial charge in [0, 0.05) is 18.8 Å². The summed E-state index contributed by atoms with van der Waals surface area (Å²) in [6, 6.07) is 18.0. The van der Waals surface area contributed by atoms with Crippen LogP contribution in [0.15, 0.2) is 54.6 Å². The number of anilines is 2. The van der Waals surface area contributed by atoms with Gasteiger partial charge in [0.15, 0.2) is 0 Å². The molecule has 5 nitrogen and oxygen atoms in total. The number of rotatable bonds is 4. The first-order chi connectivity index (χ1) is 13.7. The predicted molar refractivity (Wildman–Crippen MR) is 109 cm³/mol. The summed E-state index contributed by atoms with van der Waals surface area (Å²) in [5.74, 6) is 0.471. The summed E-state index contributed by atoms with van der Waals surface area (Å²) in [5, 5.41) is 0. The van der Waals surface area contributed by atoms with Gasteiger partial charge in [0.05, 0.1) is 18.2 Å². The van der Waals surface area contributed by atoms with Crippen molar-refractivity contribution >= 4 is 23.4 Å². The minimum Gasteiger partial charge on any atom is -0.450 e. The third-order valence-corrected chi connectivity index (χ3v) is 5.80. The summed E-state index contributed by atoms with van der Waals surface area (Å²) < 4.78 is 5.10. The average Bonchev–Trinajstić information content (AvgIpc) is 3.01. The molecular weight excluding hydrogens is 352 g/mol. The van der Waals surface area contributed by atoms with Crippen molar-refractivity contribution in [2.75, 3.05) is 24.6 Å². The standard InChI is InChI=1S/C23H26N2O3/c1-2-28-23(27)24-14-12-17(13-15-24)16-20-19-10-6-7-11-21(19)25(22(20)26)18-8-4-3-5-9-18/h3-11,17,20H,2,12-16H2,1H3. The van der Waals surface area contributed by atoms with Crippen molar-refractivity contribution in [3.63, 3.8) is 0 Å². The second-order valence-corrected chi connectivity index (χ2v) is 7.49. The highest BCUT2D eigenvalue weighted by molar-refractivity contribution is 6.10. The largest absolute Gasteiger partial charge is 0.450 e. The van der Waals surface area contributed by atoms with E-state index in [1.807, 2.05) is 60.4 Å². The molecule has 2 amide bonds. The fourth-order valence-corrected chi connectivity index (χ4v) is 4.36. The average molecular weight is 378 g/mol. The Kier molecular flexibility index (Phi) is 5.33. The number of carbonyl (C=O) groups excluding carboxylic acids is 2. The number of hydrogen-bond donors (Lipinski definition) is 0. The van der Waals surface area contributed by atoms with Crippen molar-refractivity contribution in [1.29, 1.82) is 0 Å². The van der Waals surface area contributed by atoms with Crippen LogP contribution in [0, 0.1) is 5.92 Å². The van der Waals surface area contributed by atoms with Crippen LogP contribution in [0.5, 0.6) is 0 Å². The van der Waals surface area contributed by atoms with Crippen LogP contribution in [0.4, 0.5) is 16.2 Å². The minimum atomic E-state index is -0.224. The summed E-state index contributed by atoms with van der Waals surface area (Å²) in [5.41, 5.74) is 3.02. The lowest BCUT2D eigenvalue weighted by Crippen LogP contribution is -2.39. The number of amides is 2. The van der Waals surface area contributed by atoms with Gasteiger partial charge in [-0.25, -0.2) is 4.79 Å². The molecule has 0 N–H and O–H groups in total. The normalized spacial score (nSPS) is 19.6. The lowest BCUT2D eigenvalue weighted by atomic mass is 9.84. The molecule has 1 saturated heterocycles. The number of fused-ring (bicyclic) bond motifs is 1. The Hall–Kier alpha value is -2.82. The Morgan fingerprint density at radius 2 is 1.71 bits per heavy atom. The lowest BCUT2D eigenvalue weighted by molar-refractivity contribution is -0.119. The Bertz CT molecular complexity index is 844. The van der Waals surface area contributed by atoms with Crippen LogP contribution < -0.4 is 4.90 Å². The van der Waals surface area contributed by atoms with Gasteiger partial charge in [-0.15, -0.1) is 0 Å². The van der Waals surface area contributed by atoms with Crippen molar-refractivity contribution in [2.24, 2.45) is 5.92 Å². The zero-order chi connectivity index (χ0) is 19.5. The molecule has 5 heteroatoms. The lowest BCUT2D eigenvalue weighted by Gasteiger charge is -2.32. The first-order valence-electron chi connectivity index (χ1n) is 10.1. The van der Waals surface area contributed by atoms with E-state index in [1.54, 1.807) is 4.90 Å². The van der Waals surface area contributed by atoms with E-state index in [0.717, 1.165) is 36.2 Å². The fourth-order valence-electron chi connectivity index (χ4n) is 4.36. The van der Waals surface area contributed by atoms with Crippen LogP contribution in [0.3, 0.4) is 0 Å². The van der Waals surface area contributed by atoms with Crippen molar-refractivity contribution in [3.8, 4) is 0 Å². The summed E-state index contributed by atoms with van der Waals surface area (Å²) >= 11 is 0. The molecule has 2 aromatic carbocycles. The molecule has 1 unspecified atom stereocenters. The molecule has 2 aromatic rings. The maximum Gasteiger partial charge on any atom is 0.409 e. The topological polar surface area (TPSA) is 49.9 Å². The number of hydrogen-bond acceptors (Lipinski definition) is 3. The van der Waals surface area contributed by atoms with E-state index >= 15 is 0 Å². The van der Waals surface area contributed by atoms with E-state index in [4.69, 9.17) is 4.74 Å². The molecule has 0 aromatic heterocycles. The summed E-state index contributed by atoms with van der Waals surface area (Å²) in [4.78, 5) is 28.9. The van der Waals surface area contributed by atoms with Crippen LogP contribution in [0.2, 0.25) is 0 Å². The van der Waals surface area contributed by atoms with Gasteiger partial charge in [-0.1, -0.05) is 36.4 Å². The maximum atomic E-state index is 13.3. The highest BCUT2D eigenvalue weighted by Crippen LogP contribution is 2.45. The zero-order valence-electron chi connectivity index (χ0n) is 16.2. The van der Waals surface area contributed by atoms with E-state index in [9.17, 15) is 9.59 Å². The third-order valence-electron chi connectivity index (χ3n) is 5.80. The molecule has 0 spiro atoms. The molecule has 146 valence electrons. The Morgan fingerprint density at radius 3 is 2.43 bits per heavy atom. The van der Waals surface area contributed by atoms with Crippen LogP contribution >= 0.6 is 0 Å². The smallest absolute Gasteiger partial charge is 0.409 e. The van der Waals surface area contributed by atoms with Crippen LogP contribution in [-0.4, -0.2) is 36.6 Å².